The first-order valence-electron chi connectivity index (χ1n) is 6.92. The van der Waals surface area contributed by atoms with Crippen molar-refractivity contribution in [1.82, 2.24) is 4.31 Å². The summed E-state index contributed by atoms with van der Waals surface area (Å²) in [5, 5.41) is 9.94. The zero-order valence-electron chi connectivity index (χ0n) is 12.5. The number of hydrogen-bond donors (Lipinski definition) is 1. The van der Waals surface area contributed by atoms with Crippen molar-refractivity contribution in [3.05, 3.63) is 29.8 Å². The maximum Gasteiger partial charge on any atom is 0.243 e. The lowest BCUT2D eigenvalue weighted by atomic mass is 9.87. The number of β-amino-alcohol motifs (C(OH)–C–C–N with tert-alkyl or cyclic N) is 1. The quantitative estimate of drug-likeness (QED) is 0.930. The van der Waals surface area contributed by atoms with Crippen molar-refractivity contribution in [2.75, 3.05) is 13.1 Å². The van der Waals surface area contributed by atoms with Gasteiger partial charge in [-0.25, -0.2) is 8.42 Å². The van der Waals surface area contributed by atoms with Crippen molar-refractivity contribution in [3.63, 3.8) is 0 Å². The van der Waals surface area contributed by atoms with E-state index in [9.17, 15) is 13.5 Å². The van der Waals surface area contributed by atoms with E-state index in [0.29, 0.717) is 11.3 Å². The van der Waals surface area contributed by atoms with Gasteiger partial charge >= 0.3 is 0 Å². The van der Waals surface area contributed by atoms with Crippen LogP contribution in [0.1, 0.15) is 39.7 Å². The molecule has 1 aliphatic rings. The van der Waals surface area contributed by atoms with Crippen LogP contribution >= 0.6 is 0 Å². The molecule has 0 atom stereocenters. The molecular formula is C15H23NO3S. The summed E-state index contributed by atoms with van der Waals surface area (Å²) in [6.07, 6.45) is 0.571. The molecule has 0 unspecified atom stereocenters. The first-order valence-corrected chi connectivity index (χ1v) is 8.36. The van der Waals surface area contributed by atoms with Crippen LogP contribution in [0.2, 0.25) is 0 Å². The molecule has 0 saturated carbocycles. The Kier molecular flexibility index (Phi) is 3.73. The Labute approximate surface area is 121 Å². The van der Waals surface area contributed by atoms with Gasteiger partial charge in [0.25, 0.3) is 0 Å². The Morgan fingerprint density at radius 1 is 1.20 bits per heavy atom. The normalized spacial score (nSPS) is 19.6. The van der Waals surface area contributed by atoms with E-state index in [1.165, 1.54) is 4.31 Å². The van der Waals surface area contributed by atoms with Crippen molar-refractivity contribution >= 4 is 10.0 Å². The molecule has 2 rings (SSSR count). The molecule has 1 aliphatic heterocycles. The van der Waals surface area contributed by atoms with Crippen molar-refractivity contribution < 1.29 is 13.5 Å². The van der Waals surface area contributed by atoms with E-state index in [1.54, 1.807) is 12.1 Å². The van der Waals surface area contributed by atoms with Crippen molar-refractivity contribution in [2.24, 2.45) is 0 Å². The first-order chi connectivity index (χ1) is 9.08. The molecule has 0 aromatic heterocycles. The summed E-state index contributed by atoms with van der Waals surface area (Å²) < 4.78 is 26.1. The molecule has 0 amide bonds. The zero-order valence-corrected chi connectivity index (χ0v) is 13.4. The second-order valence-electron chi connectivity index (χ2n) is 6.63. The smallest absolute Gasteiger partial charge is 0.243 e. The Morgan fingerprint density at radius 3 is 2.10 bits per heavy atom. The molecular weight excluding hydrogens is 274 g/mol. The second kappa shape index (κ2) is 4.83. The summed E-state index contributed by atoms with van der Waals surface area (Å²) in [7, 11) is -3.47. The standard InChI is InChI=1S/C15H23NO3S/c1-5-15(17)10-16(11-15)20(18,19)13-8-6-12(7-9-13)14(2,3)4/h6-9,17H,5,10-11H2,1-4H3. The number of rotatable bonds is 3. The third kappa shape index (κ3) is 2.75. The van der Waals surface area contributed by atoms with Gasteiger partial charge in [0.05, 0.1) is 10.5 Å². The van der Waals surface area contributed by atoms with Gasteiger partial charge in [-0.05, 0) is 29.5 Å². The lowest BCUT2D eigenvalue weighted by Gasteiger charge is -2.44. The minimum Gasteiger partial charge on any atom is -0.387 e. The highest BCUT2D eigenvalue weighted by molar-refractivity contribution is 7.89. The lowest BCUT2D eigenvalue weighted by Crippen LogP contribution is -2.62. The van der Waals surface area contributed by atoms with E-state index >= 15 is 0 Å². The second-order valence-corrected chi connectivity index (χ2v) is 8.56. The van der Waals surface area contributed by atoms with E-state index in [2.05, 4.69) is 20.8 Å². The summed E-state index contributed by atoms with van der Waals surface area (Å²) in [4.78, 5) is 0.295. The van der Waals surface area contributed by atoms with Crippen molar-refractivity contribution in [1.29, 1.82) is 0 Å². The van der Waals surface area contributed by atoms with Gasteiger partial charge in [0.1, 0.15) is 0 Å². The Morgan fingerprint density at radius 2 is 1.70 bits per heavy atom. The van der Waals surface area contributed by atoms with Crippen molar-refractivity contribution in [2.45, 2.75) is 50.0 Å². The van der Waals surface area contributed by atoms with Gasteiger partial charge in [-0.15, -0.1) is 0 Å². The number of nitrogens with zero attached hydrogens (tertiary/aromatic N) is 1. The molecule has 0 aliphatic carbocycles. The van der Waals surface area contributed by atoms with Gasteiger partial charge in [-0.2, -0.15) is 4.31 Å². The maximum absolute atomic E-state index is 12.4. The average Bonchev–Trinajstić information content (AvgIpc) is 2.34. The Hall–Kier alpha value is -0.910. The molecule has 1 aromatic rings. The van der Waals surface area contributed by atoms with Crippen LogP contribution in [0, 0.1) is 0 Å². The van der Waals surface area contributed by atoms with Gasteiger partial charge in [-0.1, -0.05) is 39.8 Å². The zero-order chi connectivity index (χ0) is 15.2. The van der Waals surface area contributed by atoms with Crippen molar-refractivity contribution in [3.8, 4) is 0 Å². The third-order valence-corrected chi connectivity index (χ3v) is 5.76. The van der Waals surface area contributed by atoms with Crippen LogP contribution < -0.4 is 0 Å². The highest BCUT2D eigenvalue weighted by atomic mass is 32.2. The molecule has 5 heteroatoms. The fourth-order valence-corrected chi connectivity index (χ4v) is 3.88. The van der Waals surface area contributed by atoms with E-state index in [0.717, 1.165) is 5.56 Å². The minimum absolute atomic E-state index is 0.00150. The highest BCUT2D eigenvalue weighted by Gasteiger charge is 2.45. The Balaban J connectivity index is 2.20. The predicted octanol–water partition coefficient (Wildman–Crippen LogP) is 2.13. The van der Waals surface area contributed by atoms with Crippen LogP contribution in [0.25, 0.3) is 0 Å². The maximum atomic E-state index is 12.4. The number of sulfonamides is 1. The summed E-state index contributed by atoms with van der Waals surface area (Å²) in [5.74, 6) is 0. The fourth-order valence-electron chi connectivity index (χ4n) is 2.28. The first kappa shape index (κ1) is 15.5. The van der Waals surface area contributed by atoms with Gasteiger partial charge in [0.2, 0.25) is 10.0 Å². The topological polar surface area (TPSA) is 57.6 Å². The van der Waals surface area contributed by atoms with Crippen LogP contribution in [0.5, 0.6) is 0 Å². The molecule has 112 valence electrons. The van der Waals surface area contributed by atoms with Gasteiger partial charge in [0.15, 0.2) is 0 Å². The van der Waals surface area contributed by atoms with Crippen LogP contribution in [0.3, 0.4) is 0 Å². The van der Waals surface area contributed by atoms with Gasteiger partial charge in [0, 0.05) is 13.1 Å². The largest absolute Gasteiger partial charge is 0.387 e. The summed E-state index contributed by atoms with van der Waals surface area (Å²) in [6.45, 7) is 8.51. The SMILES string of the molecule is CCC1(O)CN(S(=O)(=O)c2ccc(C(C)(C)C)cc2)C1. The monoisotopic (exact) mass is 297 g/mol. The fraction of sp³-hybridized carbons (Fsp3) is 0.600. The molecule has 0 radical (unpaired) electrons. The van der Waals surface area contributed by atoms with E-state index < -0.39 is 15.6 Å². The third-order valence-electron chi connectivity index (χ3n) is 3.96. The number of aliphatic hydroxyl groups is 1. The molecule has 0 spiro atoms. The van der Waals surface area contributed by atoms with Crippen LogP contribution in [-0.4, -0.2) is 36.5 Å². The summed E-state index contributed by atoms with van der Waals surface area (Å²) >= 11 is 0. The average molecular weight is 297 g/mol. The summed E-state index contributed by atoms with van der Waals surface area (Å²) in [6, 6.07) is 7.02. The van der Waals surface area contributed by atoms with Crippen LogP contribution in [0.4, 0.5) is 0 Å². The highest BCUT2D eigenvalue weighted by Crippen LogP contribution is 2.31. The van der Waals surface area contributed by atoms with Crippen LogP contribution in [-0.2, 0) is 15.4 Å². The molecule has 1 fully saturated rings. The van der Waals surface area contributed by atoms with Gasteiger partial charge < -0.3 is 5.11 Å². The predicted molar refractivity (Wildman–Crippen MR) is 79.1 cm³/mol. The lowest BCUT2D eigenvalue weighted by molar-refractivity contribution is -0.0613. The number of hydrogen-bond acceptors (Lipinski definition) is 3. The van der Waals surface area contributed by atoms with E-state index in [-0.39, 0.29) is 18.5 Å². The summed E-state index contributed by atoms with van der Waals surface area (Å²) in [5.41, 5.74) is 0.255. The molecule has 4 nitrogen and oxygen atoms in total. The van der Waals surface area contributed by atoms with E-state index in [4.69, 9.17) is 0 Å². The minimum atomic E-state index is -3.47. The van der Waals surface area contributed by atoms with E-state index in [1.807, 2.05) is 19.1 Å². The molecule has 1 saturated heterocycles. The Bertz CT molecular complexity index is 579. The molecule has 1 heterocycles. The molecule has 0 bridgehead atoms. The molecule has 1 aromatic carbocycles. The molecule has 20 heavy (non-hydrogen) atoms. The van der Waals surface area contributed by atoms with Crippen LogP contribution in [0.15, 0.2) is 29.2 Å². The molecule has 1 N–H and O–H groups in total. The van der Waals surface area contributed by atoms with Gasteiger partial charge in [-0.3, -0.25) is 0 Å². The number of benzene rings is 1.